The Kier molecular flexibility index (Phi) is 4.58. The van der Waals surface area contributed by atoms with Crippen molar-refractivity contribution in [1.29, 1.82) is 0 Å². The lowest BCUT2D eigenvalue weighted by Crippen LogP contribution is -2.35. The van der Waals surface area contributed by atoms with Crippen molar-refractivity contribution in [3.8, 4) is 0 Å². The van der Waals surface area contributed by atoms with Crippen LogP contribution in [0.1, 0.15) is 46.0 Å². The predicted octanol–water partition coefficient (Wildman–Crippen LogP) is 1.70. The van der Waals surface area contributed by atoms with Gasteiger partial charge < -0.3 is 10.4 Å². The molecule has 0 aromatic heterocycles. The zero-order chi connectivity index (χ0) is 11.3. The highest BCUT2D eigenvalue weighted by atomic mass is 16.3. The number of amides is 1. The van der Waals surface area contributed by atoms with Crippen molar-refractivity contribution in [2.24, 2.45) is 11.3 Å². The molecule has 1 rings (SSSR count). The predicted molar refractivity (Wildman–Crippen MR) is 60.5 cm³/mol. The molecule has 1 saturated carbocycles. The Morgan fingerprint density at radius 1 is 1.40 bits per heavy atom. The normalized spacial score (nSPS) is 17.9. The van der Waals surface area contributed by atoms with E-state index in [1.165, 1.54) is 0 Å². The maximum atomic E-state index is 11.7. The second kappa shape index (κ2) is 5.50. The van der Waals surface area contributed by atoms with Crippen molar-refractivity contribution in [1.82, 2.24) is 5.32 Å². The second-order valence-electron chi connectivity index (χ2n) is 4.70. The maximum absolute atomic E-state index is 11.7. The summed E-state index contributed by atoms with van der Waals surface area (Å²) in [7, 11) is 0. The van der Waals surface area contributed by atoms with Crippen LogP contribution in [0.15, 0.2) is 0 Å². The van der Waals surface area contributed by atoms with Gasteiger partial charge in [0, 0.05) is 19.1 Å². The minimum Gasteiger partial charge on any atom is -0.396 e. The van der Waals surface area contributed by atoms with Crippen LogP contribution >= 0.6 is 0 Å². The number of nitrogens with one attached hydrogen (secondary N) is 1. The number of hydrogen-bond donors (Lipinski definition) is 2. The van der Waals surface area contributed by atoms with Gasteiger partial charge in [0.25, 0.3) is 0 Å². The van der Waals surface area contributed by atoms with Crippen molar-refractivity contribution in [3.63, 3.8) is 0 Å². The van der Waals surface area contributed by atoms with Gasteiger partial charge in [-0.05, 0) is 37.5 Å². The molecule has 1 amide bonds. The first kappa shape index (κ1) is 12.5. The third-order valence-electron chi connectivity index (χ3n) is 3.59. The van der Waals surface area contributed by atoms with Crippen LogP contribution in [-0.2, 0) is 4.79 Å². The van der Waals surface area contributed by atoms with E-state index >= 15 is 0 Å². The number of carbonyl (C=O) groups excluding carboxylic acids is 1. The topological polar surface area (TPSA) is 49.3 Å². The molecule has 2 N–H and O–H groups in total. The van der Waals surface area contributed by atoms with E-state index in [4.69, 9.17) is 5.11 Å². The lowest BCUT2D eigenvalue weighted by Gasteiger charge is -2.17. The molecule has 1 aliphatic rings. The second-order valence-corrected chi connectivity index (χ2v) is 4.70. The molecule has 0 radical (unpaired) electrons. The van der Waals surface area contributed by atoms with Crippen molar-refractivity contribution in [2.75, 3.05) is 13.2 Å². The fraction of sp³-hybridized carbons (Fsp3) is 0.917. The lowest BCUT2D eigenvalue weighted by molar-refractivity contribution is -0.125. The number of aliphatic hydroxyl groups is 1. The van der Waals surface area contributed by atoms with Gasteiger partial charge in [0.05, 0.1) is 0 Å². The fourth-order valence-electron chi connectivity index (χ4n) is 2.01. The standard InChI is InChI=1S/C12H23NO2/c1-3-10(4-2)11(15)13-9-12(5-6-12)7-8-14/h10,14H,3-9H2,1-2H3,(H,13,15). The molecule has 0 spiro atoms. The van der Waals surface area contributed by atoms with Crippen LogP contribution in [0.4, 0.5) is 0 Å². The van der Waals surface area contributed by atoms with Crippen LogP contribution in [0, 0.1) is 11.3 Å². The molecular weight excluding hydrogens is 190 g/mol. The highest BCUT2D eigenvalue weighted by molar-refractivity contribution is 5.78. The van der Waals surface area contributed by atoms with Crippen LogP contribution in [0.5, 0.6) is 0 Å². The Morgan fingerprint density at radius 2 is 2.00 bits per heavy atom. The molecule has 0 aromatic carbocycles. The largest absolute Gasteiger partial charge is 0.396 e. The van der Waals surface area contributed by atoms with Crippen molar-refractivity contribution in [2.45, 2.75) is 46.0 Å². The maximum Gasteiger partial charge on any atom is 0.223 e. The number of hydrogen-bond acceptors (Lipinski definition) is 2. The summed E-state index contributed by atoms with van der Waals surface area (Å²) >= 11 is 0. The van der Waals surface area contributed by atoms with Gasteiger partial charge >= 0.3 is 0 Å². The van der Waals surface area contributed by atoms with E-state index < -0.39 is 0 Å². The van der Waals surface area contributed by atoms with Gasteiger partial charge in [0.15, 0.2) is 0 Å². The average molecular weight is 213 g/mol. The summed E-state index contributed by atoms with van der Waals surface area (Å²) in [6, 6.07) is 0. The first-order chi connectivity index (χ1) is 7.17. The molecule has 0 saturated heterocycles. The minimum atomic E-state index is 0.162. The van der Waals surface area contributed by atoms with Gasteiger partial charge in [-0.2, -0.15) is 0 Å². The molecule has 88 valence electrons. The molecule has 0 aromatic rings. The van der Waals surface area contributed by atoms with E-state index in [1.54, 1.807) is 0 Å². The Bertz CT molecular complexity index is 208. The molecule has 1 aliphatic carbocycles. The summed E-state index contributed by atoms with van der Waals surface area (Å²) < 4.78 is 0. The van der Waals surface area contributed by atoms with E-state index in [2.05, 4.69) is 5.32 Å². The first-order valence-corrected chi connectivity index (χ1v) is 6.06. The summed E-state index contributed by atoms with van der Waals surface area (Å²) in [5.41, 5.74) is 0.233. The monoisotopic (exact) mass is 213 g/mol. The van der Waals surface area contributed by atoms with Gasteiger partial charge in [-0.15, -0.1) is 0 Å². The highest BCUT2D eigenvalue weighted by Crippen LogP contribution is 2.47. The Labute approximate surface area is 92.3 Å². The molecule has 15 heavy (non-hydrogen) atoms. The number of carbonyl (C=O) groups is 1. The van der Waals surface area contributed by atoms with E-state index in [1.807, 2.05) is 13.8 Å². The third-order valence-corrected chi connectivity index (χ3v) is 3.59. The lowest BCUT2D eigenvalue weighted by atomic mass is 10.0. The van der Waals surface area contributed by atoms with E-state index in [0.717, 1.165) is 38.6 Å². The Morgan fingerprint density at radius 3 is 2.40 bits per heavy atom. The van der Waals surface area contributed by atoms with Crippen molar-refractivity contribution >= 4 is 5.91 Å². The average Bonchev–Trinajstić information content (AvgIpc) is 2.98. The van der Waals surface area contributed by atoms with E-state index in [0.29, 0.717) is 0 Å². The summed E-state index contributed by atoms with van der Waals surface area (Å²) in [5, 5.41) is 11.9. The summed E-state index contributed by atoms with van der Waals surface area (Å²) in [5.74, 6) is 0.346. The molecule has 0 heterocycles. The van der Waals surface area contributed by atoms with Crippen LogP contribution in [0.2, 0.25) is 0 Å². The number of rotatable bonds is 7. The van der Waals surface area contributed by atoms with Gasteiger partial charge in [-0.1, -0.05) is 13.8 Å². The van der Waals surface area contributed by atoms with Gasteiger partial charge in [0.2, 0.25) is 5.91 Å². The molecule has 1 fully saturated rings. The van der Waals surface area contributed by atoms with Crippen LogP contribution in [0.3, 0.4) is 0 Å². The SMILES string of the molecule is CCC(CC)C(=O)NCC1(CCO)CC1. The minimum absolute atomic E-state index is 0.162. The molecule has 0 bridgehead atoms. The smallest absolute Gasteiger partial charge is 0.223 e. The Hall–Kier alpha value is -0.570. The molecule has 3 heteroatoms. The molecular formula is C12H23NO2. The molecule has 3 nitrogen and oxygen atoms in total. The Balaban J connectivity index is 2.27. The summed E-state index contributed by atoms with van der Waals surface area (Å²) in [6.45, 7) is 5.09. The fourth-order valence-corrected chi connectivity index (χ4v) is 2.01. The van der Waals surface area contributed by atoms with Crippen LogP contribution < -0.4 is 5.32 Å². The summed E-state index contributed by atoms with van der Waals surface area (Å²) in [6.07, 6.45) is 4.95. The van der Waals surface area contributed by atoms with Crippen molar-refractivity contribution < 1.29 is 9.90 Å². The van der Waals surface area contributed by atoms with Gasteiger partial charge in [-0.25, -0.2) is 0 Å². The quantitative estimate of drug-likeness (QED) is 0.676. The first-order valence-electron chi connectivity index (χ1n) is 6.06. The molecule has 0 unspecified atom stereocenters. The number of aliphatic hydroxyl groups excluding tert-OH is 1. The van der Waals surface area contributed by atoms with Crippen LogP contribution in [-0.4, -0.2) is 24.2 Å². The zero-order valence-corrected chi connectivity index (χ0v) is 9.88. The zero-order valence-electron chi connectivity index (χ0n) is 9.88. The molecule has 0 atom stereocenters. The molecule has 0 aliphatic heterocycles. The summed E-state index contributed by atoms with van der Waals surface area (Å²) in [4.78, 5) is 11.7. The van der Waals surface area contributed by atoms with Crippen molar-refractivity contribution in [3.05, 3.63) is 0 Å². The van der Waals surface area contributed by atoms with E-state index in [-0.39, 0.29) is 23.8 Å². The van der Waals surface area contributed by atoms with Crippen LogP contribution in [0.25, 0.3) is 0 Å². The third kappa shape index (κ3) is 3.49. The van der Waals surface area contributed by atoms with Gasteiger partial charge in [-0.3, -0.25) is 4.79 Å². The van der Waals surface area contributed by atoms with Gasteiger partial charge in [0.1, 0.15) is 0 Å². The van der Waals surface area contributed by atoms with E-state index in [9.17, 15) is 4.79 Å². The highest BCUT2D eigenvalue weighted by Gasteiger charge is 2.42.